The molecule has 0 saturated carbocycles. The van der Waals surface area contributed by atoms with Gasteiger partial charge < -0.3 is 14.2 Å². The molecule has 10 nitrogen and oxygen atoms in total. The molecule has 0 spiro atoms. The van der Waals surface area contributed by atoms with Crippen molar-refractivity contribution in [1.82, 2.24) is 9.47 Å². The van der Waals surface area contributed by atoms with Gasteiger partial charge in [0.2, 0.25) is 11.5 Å². The lowest BCUT2D eigenvalue weighted by Gasteiger charge is -2.13. The van der Waals surface area contributed by atoms with Crippen molar-refractivity contribution in [3.05, 3.63) is 78.5 Å². The van der Waals surface area contributed by atoms with Crippen molar-refractivity contribution in [3.63, 3.8) is 0 Å². The number of aromatic nitrogens is 2. The van der Waals surface area contributed by atoms with Crippen molar-refractivity contribution in [3.8, 4) is 0 Å². The van der Waals surface area contributed by atoms with Gasteiger partial charge in [-0.25, -0.2) is 5.26 Å². The van der Waals surface area contributed by atoms with Crippen LogP contribution in [0.4, 0.5) is 5.69 Å². The highest BCUT2D eigenvalue weighted by molar-refractivity contribution is 8.03. The first-order valence-electron chi connectivity index (χ1n) is 14.8. The van der Waals surface area contributed by atoms with Gasteiger partial charge in [-0.2, -0.15) is 4.57 Å². The van der Waals surface area contributed by atoms with E-state index in [1.165, 1.54) is 27.5 Å². The SMILES string of the molecule is CCCCCN1C(=O)C1CCn1c(=CC=C2Sc3ccc(C)cc3N2C)sc(=Cc2oc3ccc(SOOO)cc3[n+]2C)c1=O. The Morgan fingerprint density at radius 3 is 2.78 bits per heavy atom. The van der Waals surface area contributed by atoms with Gasteiger partial charge >= 0.3 is 5.89 Å². The Balaban J connectivity index is 1.34. The number of carbonyl (C=O) groups is 1. The molecule has 2 aliphatic heterocycles. The molecule has 1 unspecified atom stereocenters. The van der Waals surface area contributed by atoms with Gasteiger partial charge in [0.25, 0.3) is 11.1 Å². The smallest absolute Gasteiger partial charge is 0.375 e. The first kappa shape index (κ1) is 31.6. The fourth-order valence-corrected chi connectivity index (χ4v) is 7.94. The van der Waals surface area contributed by atoms with E-state index in [-0.39, 0.29) is 17.5 Å². The lowest BCUT2D eigenvalue weighted by atomic mass is 10.2. The van der Waals surface area contributed by atoms with Crippen molar-refractivity contribution < 1.29 is 28.4 Å². The quantitative estimate of drug-likeness (QED) is 0.0576. The van der Waals surface area contributed by atoms with Crippen molar-refractivity contribution in [2.45, 2.75) is 61.9 Å². The van der Waals surface area contributed by atoms with Gasteiger partial charge in [0.05, 0.1) is 33.5 Å². The molecule has 1 atom stereocenters. The number of aryl methyl sites for hydroxylation is 2. The Kier molecular flexibility index (Phi) is 9.54. The lowest BCUT2D eigenvalue weighted by molar-refractivity contribution is -0.652. The van der Waals surface area contributed by atoms with Crippen LogP contribution in [0.2, 0.25) is 0 Å². The zero-order chi connectivity index (χ0) is 31.7. The van der Waals surface area contributed by atoms with Crippen LogP contribution in [-0.4, -0.2) is 40.3 Å². The molecule has 1 saturated heterocycles. The molecule has 6 rings (SSSR count). The molecule has 0 bridgehead atoms. The van der Waals surface area contributed by atoms with Crippen LogP contribution in [0.1, 0.15) is 44.1 Å². The summed E-state index contributed by atoms with van der Waals surface area (Å²) >= 11 is 3.97. The van der Waals surface area contributed by atoms with Gasteiger partial charge in [0.1, 0.15) is 17.6 Å². The van der Waals surface area contributed by atoms with E-state index >= 15 is 0 Å². The van der Waals surface area contributed by atoms with Crippen molar-refractivity contribution >= 4 is 70.0 Å². The number of benzene rings is 2. The molecule has 0 aliphatic carbocycles. The Morgan fingerprint density at radius 1 is 1.13 bits per heavy atom. The van der Waals surface area contributed by atoms with E-state index in [1.807, 2.05) is 28.7 Å². The highest BCUT2D eigenvalue weighted by Crippen LogP contribution is 2.45. The van der Waals surface area contributed by atoms with Gasteiger partial charge in [-0.1, -0.05) is 42.6 Å². The van der Waals surface area contributed by atoms with Crippen molar-refractivity contribution in [2.75, 3.05) is 18.5 Å². The lowest BCUT2D eigenvalue weighted by Crippen LogP contribution is -2.34. The van der Waals surface area contributed by atoms with Crippen LogP contribution in [0.3, 0.4) is 0 Å². The van der Waals surface area contributed by atoms with Gasteiger partial charge in [-0.3, -0.25) is 14.2 Å². The van der Waals surface area contributed by atoms with Crippen molar-refractivity contribution in [1.29, 1.82) is 0 Å². The molecule has 0 radical (unpaired) electrons. The van der Waals surface area contributed by atoms with Crippen LogP contribution >= 0.6 is 35.1 Å². The van der Waals surface area contributed by atoms with Crippen LogP contribution < -0.4 is 24.2 Å². The molecule has 1 amide bonds. The summed E-state index contributed by atoms with van der Waals surface area (Å²) in [5, 5.41) is 13.3. The fraction of sp³-hybridized carbons (Fsp3) is 0.344. The van der Waals surface area contributed by atoms with E-state index in [0.29, 0.717) is 33.9 Å². The minimum absolute atomic E-state index is 0.119. The molecule has 2 aromatic carbocycles. The van der Waals surface area contributed by atoms with Gasteiger partial charge in [-0.15, -0.1) is 15.7 Å². The molecule has 4 heterocycles. The summed E-state index contributed by atoms with van der Waals surface area (Å²) in [5.41, 5.74) is 3.68. The predicted molar refractivity (Wildman–Crippen MR) is 177 cm³/mol. The average molecular weight is 668 g/mol. The Labute approximate surface area is 272 Å². The second-order valence-corrected chi connectivity index (χ2v) is 14.0. The third-order valence-corrected chi connectivity index (χ3v) is 10.9. The summed E-state index contributed by atoms with van der Waals surface area (Å²) < 4.78 is 15.6. The maximum atomic E-state index is 13.9. The number of unbranched alkanes of at least 4 members (excludes halogenated alkanes) is 2. The molecular weight excluding hydrogens is 633 g/mol. The topological polar surface area (TPSA) is 101 Å². The van der Waals surface area contributed by atoms with Crippen LogP contribution in [0.5, 0.6) is 0 Å². The summed E-state index contributed by atoms with van der Waals surface area (Å²) in [6.07, 6.45) is 9.64. The van der Waals surface area contributed by atoms with E-state index in [0.717, 1.165) is 53.1 Å². The summed E-state index contributed by atoms with van der Waals surface area (Å²) in [4.78, 5) is 32.3. The number of rotatable bonds is 12. The number of hydrogen-bond donors (Lipinski definition) is 1. The molecule has 4 aromatic rings. The minimum Gasteiger partial charge on any atom is -0.398 e. The van der Waals surface area contributed by atoms with E-state index in [1.54, 1.807) is 34.5 Å². The first-order chi connectivity index (χ1) is 21.8. The molecule has 45 heavy (non-hydrogen) atoms. The van der Waals surface area contributed by atoms with Gasteiger partial charge in [0, 0.05) is 36.0 Å². The van der Waals surface area contributed by atoms with E-state index in [2.05, 4.69) is 59.4 Å². The number of thioether (sulfide) groups is 1. The summed E-state index contributed by atoms with van der Waals surface area (Å²) in [6, 6.07) is 11.7. The van der Waals surface area contributed by atoms with Gasteiger partial charge in [-0.05, 0) is 61.7 Å². The summed E-state index contributed by atoms with van der Waals surface area (Å²) in [5.74, 6) is 0.687. The fourth-order valence-electron chi connectivity index (χ4n) is 5.51. The summed E-state index contributed by atoms with van der Waals surface area (Å²) in [7, 11) is 3.91. The van der Waals surface area contributed by atoms with Crippen LogP contribution in [0, 0.1) is 6.92 Å². The average Bonchev–Trinajstić information content (AvgIpc) is 3.24. The molecule has 2 aliphatic rings. The van der Waals surface area contributed by atoms with E-state index in [4.69, 9.17) is 9.67 Å². The number of fused-ring (bicyclic) bond motifs is 2. The number of amides is 1. The van der Waals surface area contributed by atoms with Crippen LogP contribution in [-0.2, 0) is 27.8 Å². The third-order valence-electron chi connectivity index (χ3n) is 8.08. The number of thiazole rings is 1. The van der Waals surface area contributed by atoms with E-state index < -0.39 is 0 Å². The molecule has 236 valence electrons. The minimum atomic E-state index is -0.123. The zero-order valence-electron chi connectivity index (χ0n) is 25.5. The zero-order valence-corrected chi connectivity index (χ0v) is 28.0. The number of carbonyl (C=O) groups excluding carboxylic acids is 1. The number of hydrogen-bond acceptors (Lipinski definition) is 10. The molecule has 1 N–H and O–H groups in total. The van der Waals surface area contributed by atoms with Crippen LogP contribution in [0.25, 0.3) is 23.3 Å². The second-order valence-electron chi connectivity index (χ2n) is 11.1. The highest BCUT2D eigenvalue weighted by atomic mass is 32.2. The number of allylic oxidation sites excluding steroid dienone is 1. The standard InChI is InChI=1S/C32H34N4O6S3/c1-5-6-7-15-35-22(31(35)37)14-16-36-30(13-12-29-34(4)24-17-20(2)8-11-26(24)43-29)44-27(32(36)38)19-28-33(3)23-18-21(45-42-41-39)9-10-25(23)40-28/h8-13,17-19,22H,5-7,14-16H2,1-4H3/p+1. The number of oxazole rings is 1. The third kappa shape index (κ3) is 6.64. The first-order valence-corrected chi connectivity index (χ1v) is 17.2. The monoisotopic (exact) mass is 667 g/mol. The van der Waals surface area contributed by atoms with Crippen molar-refractivity contribution in [2.24, 2.45) is 7.05 Å². The maximum absolute atomic E-state index is 13.9. The Bertz CT molecular complexity index is 1960. The van der Waals surface area contributed by atoms with Crippen LogP contribution in [0.15, 0.2) is 66.5 Å². The largest absolute Gasteiger partial charge is 0.398 e. The second kappa shape index (κ2) is 13.6. The van der Waals surface area contributed by atoms with Gasteiger partial charge in [0.15, 0.2) is 0 Å². The maximum Gasteiger partial charge on any atom is 0.375 e. The molecular formula is C32H35N4O6S3+. The molecule has 2 aromatic heterocycles. The number of anilines is 1. The number of nitrogens with zero attached hydrogens (tertiary/aromatic N) is 4. The van der Waals surface area contributed by atoms with E-state index in [9.17, 15) is 9.59 Å². The predicted octanol–water partition coefficient (Wildman–Crippen LogP) is 4.70. The summed E-state index contributed by atoms with van der Waals surface area (Å²) in [6.45, 7) is 5.47. The Morgan fingerprint density at radius 2 is 1.98 bits per heavy atom. The Hall–Kier alpha value is -3.33. The highest BCUT2D eigenvalue weighted by Gasteiger charge is 2.44. The molecule has 13 heteroatoms. The molecule has 1 fully saturated rings. The normalized spacial score (nSPS) is 17.8.